The first-order valence-corrected chi connectivity index (χ1v) is 5.88. The smallest absolute Gasteiger partial charge is 0.410 e. The number of ketones is 1. The van der Waals surface area contributed by atoms with Crippen LogP contribution >= 0.6 is 0 Å². The Morgan fingerprint density at radius 3 is 2.67 bits per heavy atom. The number of ether oxygens (including phenoxy) is 1. The molecule has 0 bridgehead atoms. The first-order chi connectivity index (χ1) is 8.70. The summed E-state index contributed by atoms with van der Waals surface area (Å²) in [5.74, 6) is -0.00960. The number of carbonyl (C=O) groups excluding carboxylic acids is 2. The summed E-state index contributed by atoms with van der Waals surface area (Å²) < 4.78 is 4.86. The Kier molecular flexibility index (Phi) is 3.77. The molecule has 0 aromatic heterocycles. The summed E-state index contributed by atoms with van der Waals surface area (Å²) in [7, 11) is 0. The average Bonchev–Trinajstić information content (AvgIpc) is 2.76. The van der Waals surface area contributed by atoms with Crippen molar-refractivity contribution in [2.45, 2.75) is 13.5 Å². The molecule has 0 radical (unpaired) electrons. The molecule has 1 aliphatic rings. The van der Waals surface area contributed by atoms with Gasteiger partial charge in [0.15, 0.2) is 5.78 Å². The second kappa shape index (κ2) is 5.49. The Bertz CT molecular complexity index is 476. The summed E-state index contributed by atoms with van der Waals surface area (Å²) in [6, 6.07) is 7.28. The zero-order valence-corrected chi connectivity index (χ0v) is 10.3. The second-order valence-electron chi connectivity index (χ2n) is 4.10. The molecular weight excluding hydrogens is 230 g/mol. The lowest BCUT2D eigenvalue weighted by Crippen LogP contribution is -2.23. The Morgan fingerprint density at radius 1 is 1.39 bits per heavy atom. The maximum atomic E-state index is 11.6. The first-order valence-electron chi connectivity index (χ1n) is 5.88. The molecule has 0 saturated carbocycles. The predicted molar refractivity (Wildman–Crippen MR) is 67.3 cm³/mol. The van der Waals surface area contributed by atoms with Crippen LogP contribution in [-0.2, 0) is 11.3 Å². The van der Waals surface area contributed by atoms with Crippen molar-refractivity contribution >= 4 is 11.9 Å². The van der Waals surface area contributed by atoms with Crippen LogP contribution in [0.4, 0.5) is 4.79 Å². The van der Waals surface area contributed by atoms with E-state index in [1.54, 1.807) is 23.1 Å². The molecule has 0 spiro atoms. The second-order valence-corrected chi connectivity index (χ2v) is 4.10. The third-order valence-corrected chi connectivity index (χ3v) is 2.77. The molecule has 1 saturated heterocycles. The molecule has 1 fully saturated rings. The molecule has 1 amide bonds. The van der Waals surface area contributed by atoms with Gasteiger partial charge in [0, 0.05) is 12.1 Å². The Hall–Kier alpha value is -2.10. The summed E-state index contributed by atoms with van der Waals surface area (Å²) >= 11 is 0. The number of cyclic esters (lactones) is 1. The highest BCUT2D eigenvalue weighted by Gasteiger charge is 2.21. The molecule has 0 unspecified atom stereocenters. The van der Waals surface area contributed by atoms with Crippen LogP contribution < -0.4 is 0 Å². The third kappa shape index (κ3) is 2.77. The Morgan fingerprint density at radius 2 is 2.11 bits per heavy atom. The molecule has 0 N–H and O–H groups in total. The molecule has 1 aromatic carbocycles. The minimum absolute atomic E-state index is 0.00960. The van der Waals surface area contributed by atoms with Crippen LogP contribution in [0.25, 0.3) is 0 Å². The van der Waals surface area contributed by atoms with Crippen LogP contribution in [0.5, 0.6) is 0 Å². The topological polar surface area (TPSA) is 46.6 Å². The third-order valence-electron chi connectivity index (χ3n) is 2.77. The van der Waals surface area contributed by atoms with Gasteiger partial charge in [0.05, 0.1) is 6.54 Å². The number of carbonyl (C=O) groups is 2. The van der Waals surface area contributed by atoms with Crippen LogP contribution in [0.3, 0.4) is 0 Å². The number of hydrogen-bond acceptors (Lipinski definition) is 3. The summed E-state index contributed by atoms with van der Waals surface area (Å²) in [6.45, 7) is 3.41. The van der Waals surface area contributed by atoms with E-state index >= 15 is 0 Å². The highest BCUT2D eigenvalue weighted by Crippen LogP contribution is 2.12. The maximum absolute atomic E-state index is 11.6. The van der Waals surface area contributed by atoms with Gasteiger partial charge in [-0.25, -0.2) is 4.79 Å². The van der Waals surface area contributed by atoms with E-state index in [4.69, 9.17) is 4.74 Å². The van der Waals surface area contributed by atoms with E-state index in [1.165, 1.54) is 6.08 Å². The highest BCUT2D eigenvalue weighted by atomic mass is 16.6. The van der Waals surface area contributed by atoms with Gasteiger partial charge in [0.2, 0.25) is 0 Å². The lowest BCUT2D eigenvalue weighted by Gasteiger charge is -2.12. The van der Waals surface area contributed by atoms with Crippen molar-refractivity contribution in [3.8, 4) is 0 Å². The maximum Gasteiger partial charge on any atom is 0.410 e. The van der Waals surface area contributed by atoms with Crippen LogP contribution in [0.2, 0.25) is 0 Å². The molecular formula is C14H15NO3. The lowest BCUT2D eigenvalue weighted by molar-refractivity contribution is 0.104. The molecule has 0 atom stereocenters. The van der Waals surface area contributed by atoms with Gasteiger partial charge in [-0.1, -0.05) is 30.3 Å². The first kappa shape index (κ1) is 12.4. The molecule has 4 heteroatoms. The Balaban J connectivity index is 2.03. The largest absolute Gasteiger partial charge is 0.448 e. The van der Waals surface area contributed by atoms with Crippen molar-refractivity contribution in [1.82, 2.24) is 4.90 Å². The van der Waals surface area contributed by atoms with Gasteiger partial charge in [0.25, 0.3) is 0 Å². The van der Waals surface area contributed by atoms with Gasteiger partial charge < -0.3 is 9.64 Å². The minimum Gasteiger partial charge on any atom is -0.448 e. The van der Waals surface area contributed by atoms with Crippen molar-refractivity contribution < 1.29 is 14.3 Å². The molecule has 0 aliphatic carbocycles. The summed E-state index contributed by atoms with van der Waals surface area (Å²) in [5, 5.41) is 0. The van der Waals surface area contributed by atoms with Crippen LogP contribution in [0.1, 0.15) is 22.8 Å². The fraction of sp³-hybridized carbons (Fsp3) is 0.286. The fourth-order valence-electron chi connectivity index (χ4n) is 1.81. The Labute approximate surface area is 106 Å². The number of hydrogen-bond donors (Lipinski definition) is 0. The number of amides is 1. The molecule has 1 aromatic rings. The van der Waals surface area contributed by atoms with E-state index in [9.17, 15) is 9.59 Å². The standard InChI is InChI=1S/C14H15NO3/c1-2-3-13(16)12-6-4-11(5-7-12)10-15-8-9-18-14(15)17/h2-7H,8-10H2,1H3/b3-2+. The zero-order chi connectivity index (χ0) is 13.0. The normalized spacial score (nSPS) is 15.2. The van der Waals surface area contributed by atoms with E-state index in [0.29, 0.717) is 25.3 Å². The van der Waals surface area contributed by atoms with Crippen LogP contribution in [0.15, 0.2) is 36.4 Å². The summed E-state index contributed by atoms with van der Waals surface area (Å²) in [5.41, 5.74) is 1.65. The quantitative estimate of drug-likeness (QED) is 0.604. The van der Waals surface area contributed by atoms with Crippen molar-refractivity contribution in [2.75, 3.05) is 13.2 Å². The molecule has 2 rings (SSSR count). The highest BCUT2D eigenvalue weighted by molar-refractivity contribution is 6.04. The van der Waals surface area contributed by atoms with Crippen molar-refractivity contribution in [1.29, 1.82) is 0 Å². The van der Waals surface area contributed by atoms with Crippen LogP contribution in [-0.4, -0.2) is 29.9 Å². The van der Waals surface area contributed by atoms with Gasteiger partial charge in [-0.15, -0.1) is 0 Å². The SMILES string of the molecule is C/C=C/C(=O)c1ccc(CN2CCOC2=O)cc1. The van der Waals surface area contributed by atoms with Gasteiger partial charge >= 0.3 is 6.09 Å². The molecule has 4 nitrogen and oxygen atoms in total. The van der Waals surface area contributed by atoms with E-state index < -0.39 is 0 Å². The molecule has 1 heterocycles. The van der Waals surface area contributed by atoms with Crippen molar-refractivity contribution in [2.24, 2.45) is 0 Å². The number of rotatable bonds is 4. The number of allylic oxidation sites excluding steroid dienone is 2. The lowest BCUT2D eigenvalue weighted by atomic mass is 10.1. The molecule has 94 valence electrons. The van der Waals surface area contributed by atoms with Gasteiger partial charge in [-0.05, 0) is 18.6 Å². The molecule has 18 heavy (non-hydrogen) atoms. The van der Waals surface area contributed by atoms with Crippen molar-refractivity contribution in [3.63, 3.8) is 0 Å². The van der Waals surface area contributed by atoms with E-state index in [2.05, 4.69) is 0 Å². The summed E-state index contributed by atoms with van der Waals surface area (Å²) in [4.78, 5) is 24.5. The van der Waals surface area contributed by atoms with E-state index in [-0.39, 0.29) is 11.9 Å². The molecule has 1 aliphatic heterocycles. The number of nitrogens with zero attached hydrogens (tertiary/aromatic N) is 1. The predicted octanol–water partition coefficient (Wildman–Crippen LogP) is 2.40. The van der Waals surface area contributed by atoms with E-state index in [0.717, 1.165) is 5.56 Å². The van der Waals surface area contributed by atoms with Gasteiger partial charge in [-0.2, -0.15) is 0 Å². The van der Waals surface area contributed by atoms with Crippen LogP contribution in [0, 0.1) is 0 Å². The zero-order valence-electron chi connectivity index (χ0n) is 10.3. The van der Waals surface area contributed by atoms with Gasteiger partial charge in [0.1, 0.15) is 6.61 Å². The fourth-order valence-corrected chi connectivity index (χ4v) is 1.81. The number of benzene rings is 1. The minimum atomic E-state index is -0.274. The van der Waals surface area contributed by atoms with E-state index in [1.807, 2.05) is 19.1 Å². The summed E-state index contributed by atoms with van der Waals surface area (Å²) in [6.07, 6.45) is 2.98. The monoisotopic (exact) mass is 245 g/mol. The van der Waals surface area contributed by atoms with Crippen molar-refractivity contribution in [3.05, 3.63) is 47.5 Å². The average molecular weight is 245 g/mol. The van der Waals surface area contributed by atoms with Gasteiger partial charge in [-0.3, -0.25) is 4.79 Å².